The topological polar surface area (TPSA) is 29.3 Å². The van der Waals surface area contributed by atoms with Gasteiger partial charge in [0.05, 0.1) is 0 Å². The highest BCUT2D eigenvalue weighted by Gasteiger charge is 2.24. The van der Waals surface area contributed by atoms with Gasteiger partial charge in [0.1, 0.15) is 0 Å². The maximum Gasteiger partial charge on any atom is 0.0455 e. The van der Waals surface area contributed by atoms with Crippen LogP contribution in [0.15, 0.2) is 0 Å². The van der Waals surface area contributed by atoms with Crippen LogP contribution in [0.5, 0.6) is 0 Å². The Morgan fingerprint density at radius 2 is 2.29 bits per heavy atom. The van der Waals surface area contributed by atoms with E-state index >= 15 is 0 Å². The molecule has 0 spiro atoms. The zero-order valence-electron chi connectivity index (χ0n) is 4.72. The number of nitrogens with zero attached hydrogens (tertiary/aromatic N) is 1. The molecule has 2 heteroatoms. The minimum absolute atomic E-state index is 0.713. The SMILES string of the molecule is CN(CN)C1CC1. The van der Waals surface area contributed by atoms with Crippen LogP contribution in [0.25, 0.3) is 0 Å². The molecule has 0 saturated heterocycles. The molecule has 1 rings (SSSR count). The number of hydrogen-bond donors (Lipinski definition) is 1. The van der Waals surface area contributed by atoms with Crippen LogP contribution in [-0.4, -0.2) is 24.7 Å². The van der Waals surface area contributed by atoms with E-state index in [1.54, 1.807) is 0 Å². The van der Waals surface area contributed by atoms with E-state index in [2.05, 4.69) is 11.9 Å². The molecule has 0 atom stereocenters. The predicted octanol–water partition coefficient (Wildman–Crippen LogP) is -0.00320. The van der Waals surface area contributed by atoms with Crippen LogP contribution in [0, 0.1) is 0 Å². The first-order valence-corrected chi connectivity index (χ1v) is 2.75. The zero-order valence-corrected chi connectivity index (χ0v) is 4.72. The van der Waals surface area contributed by atoms with Gasteiger partial charge < -0.3 is 5.73 Å². The van der Waals surface area contributed by atoms with Crippen LogP contribution in [0.4, 0.5) is 0 Å². The van der Waals surface area contributed by atoms with Crippen LogP contribution in [0.1, 0.15) is 12.8 Å². The van der Waals surface area contributed by atoms with E-state index in [0.717, 1.165) is 6.04 Å². The fourth-order valence-corrected chi connectivity index (χ4v) is 0.664. The van der Waals surface area contributed by atoms with Crippen molar-refractivity contribution in [2.45, 2.75) is 18.9 Å². The summed E-state index contributed by atoms with van der Waals surface area (Å²) in [7, 11) is 2.07. The van der Waals surface area contributed by atoms with E-state index in [1.165, 1.54) is 12.8 Å². The maximum absolute atomic E-state index is 5.34. The molecule has 2 N–H and O–H groups in total. The third-order valence-electron chi connectivity index (χ3n) is 1.46. The maximum atomic E-state index is 5.34. The Morgan fingerprint density at radius 3 is 2.43 bits per heavy atom. The molecule has 0 bridgehead atoms. The average Bonchev–Trinajstić information content (AvgIpc) is 2.44. The van der Waals surface area contributed by atoms with Crippen LogP contribution in [0.2, 0.25) is 0 Å². The molecule has 0 aliphatic heterocycles. The second-order valence-electron chi connectivity index (χ2n) is 2.17. The van der Waals surface area contributed by atoms with Crippen molar-refractivity contribution in [3.8, 4) is 0 Å². The highest BCUT2D eigenvalue weighted by atomic mass is 15.2. The van der Waals surface area contributed by atoms with Gasteiger partial charge in [-0.2, -0.15) is 0 Å². The Morgan fingerprint density at radius 1 is 1.71 bits per heavy atom. The number of hydrogen-bond acceptors (Lipinski definition) is 2. The molecule has 1 fully saturated rings. The third-order valence-corrected chi connectivity index (χ3v) is 1.46. The molecule has 1 aliphatic carbocycles. The highest BCUT2D eigenvalue weighted by Crippen LogP contribution is 2.23. The van der Waals surface area contributed by atoms with Crippen molar-refractivity contribution >= 4 is 0 Å². The minimum Gasteiger partial charge on any atom is -0.318 e. The van der Waals surface area contributed by atoms with E-state index in [4.69, 9.17) is 5.73 Å². The van der Waals surface area contributed by atoms with Crippen molar-refractivity contribution in [1.82, 2.24) is 4.90 Å². The molecular weight excluding hydrogens is 88.1 g/mol. The van der Waals surface area contributed by atoms with Crippen molar-refractivity contribution in [1.29, 1.82) is 0 Å². The lowest BCUT2D eigenvalue weighted by Crippen LogP contribution is -2.27. The molecule has 0 radical (unpaired) electrons. The first kappa shape index (κ1) is 5.06. The first-order chi connectivity index (χ1) is 3.34. The van der Waals surface area contributed by atoms with Crippen molar-refractivity contribution in [2.24, 2.45) is 5.73 Å². The molecule has 42 valence electrons. The monoisotopic (exact) mass is 100 g/mol. The van der Waals surface area contributed by atoms with E-state index in [-0.39, 0.29) is 0 Å². The zero-order chi connectivity index (χ0) is 5.28. The molecule has 0 amide bonds. The molecule has 1 saturated carbocycles. The number of nitrogens with two attached hydrogens (primary N) is 1. The largest absolute Gasteiger partial charge is 0.318 e. The van der Waals surface area contributed by atoms with Crippen molar-refractivity contribution < 1.29 is 0 Å². The molecule has 0 aromatic carbocycles. The Labute approximate surface area is 44.3 Å². The van der Waals surface area contributed by atoms with Gasteiger partial charge in [0.15, 0.2) is 0 Å². The Hall–Kier alpha value is -0.0800. The summed E-state index contributed by atoms with van der Waals surface area (Å²) in [4.78, 5) is 2.18. The van der Waals surface area contributed by atoms with Crippen molar-refractivity contribution in [3.63, 3.8) is 0 Å². The molecule has 0 heterocycles. The number of rotatable bonds is 2. The molecular formula is C5H12N2. The highest BCUT2D eigenvalue weighted by molar-refractivity contribution is 4.81. The van der Waals surface area contributed by atoms with Crippen LogP contribution < -0.4 is 5.73 Å². The third kappa shape index (κ3) is 1.14. The van der Waals surface area contributed by atoms with Gasteiger partial charge in [-0.25, -0.2) is 0 Å². The van der Waals surface area contributed by atoms with Gasteiger partial charge in [0.25, 0.3) is 0 Å². The van der Waals surface area contributed by atoms with Gasteiger partial charge in [0.2, 0.25) is 0 Å². The quantitative estimate of drug-likeness (QED) is 0.495. The van der Waals surface area contributed by atoms with Gasteiger partial charge in [0, 0.05) is 12.7 Å². The summed E-state index contributed by atoms with van der Waals surface area (Å²) >= 11 is 0. The normalized spacial score (nSPS) is 21.0. The van der Waals surface area contributed by atoms with E-state index in [1.807, 2.05) is 0 Å². The predicted molar refractivity (Wildman–Crippen MR) is 29.8 cm³/mol. The van der Waals surface area contributed by atoms with E-state index < -0.39 is 0 Å². The molecule has 0 aromatic heterocycles. The lowest BCUT2D eigenvalue weighted by Gasteiger charge is -2.09. The smallest absolute Gasteiger partial charge is 0.0455 e. The van der Waals surface area contributed by atoms with Gasteiger partial charge in [-0.05, 0) is 19.9 Å². The lowest BCUT2D eigenvalue weighted by atomic mass is 10.6. The van der Waals surface area contributed by atoms with Gasteiger partial charge in [-0.3, -0.25) is 4.90 Å². The summed E-state index contributed by atoms with van der Waals surface area (Å²) in [6.45, 7) is 0.713. The summed E-state index contributed by atoms with van der Waals surface area (Å²) in [5.41, 5.74) is 5.34. The van der Waals surface area contributed by atoms with Gasteiger partial charge >= 0.3 is 0 Å². The fraction of sp³-hybridized carbons (Fsp3) is 1.00. The van der Waals surface area contributed by atoms with Crippen molar-refractivity contribution in [2.75, 3.05) is 13.7 Å². The molecule has 7 heavy (non-hydrogen) atoms. The first-order valence-electron chi connectivity index (χ1n) is 2.75. The van der Waals surface area contributed by atoms with Crippen LogP contribution >= 0.6 is 0 Å². The summed E-state index contributed by atoms with van der Waals surface area (Å²) in [5, 5.41) is 0. The Bertz CT molecular complexity index is 59.1. The lowest BCUT2D eigenvalue weighted by molar-refractivity contribution is 0.334. The Kier molecular flexibility index (Phi) is 1.30. The fourth-order valence-electron chi connectivity index (χ4n) is 0.664. The summed E-state index contributed by atoms with van der Waals surface area (Å²) in [5.74, 6) is 0. The van der Waals surface area contributed by atoms with E-state index in [0.29, 0.717) is 6.67 Å². The molecule has 2 nitrogen and oxygen atoms in total. The summed E-state index contributed by atoms with van der Waals surface area (Å²) in [6.07, 6.45) is 2.71. The Balaban J connectivity index is 2.10. The standard InChI is InChI=1S/C5H12N2/c1-7(4-6)5-2-3-5/h5H,2-4,6H2,1H3. The average molecular weight is 100 g/mol. The van der Waals surface area contributed by atoms with Crippen molar-refractivity contribution in [3.05, 3.63) is 0 Å². The summed E-state index contributed by atoms with van der Waals surface area (Å²) in [6, 6.07) is 0.824. The molecule has 0 unspecified atom stereocenters. The van der Waals surface area contributed by atoms with Gasteiger partial charge in [-0.15, -0.1) is 0 Å². The van der Waals surface area contributed by atoms with Gasteiger partial charge in [-0.1, -0.05) is 0 Å². The minimum atomic E-state index is 0.713. The summed E-state index contributed by atoms with van der Waals surface area (Å²) < 4.78 is 0. The molecule has 0 aromatic rings. The van der Waals surface area contributed by atoms with E-state index in [9.17, 15) is 0 Å². The van der Waals surface area contributed by atoms with Crippen LogP contribution in [0.3, 0.4) is 0 Å². The molecule has 1 aliphatic rings. The second kappa shape index (κ2) is 1.80. The second-order valence-corrected chi connectivity index (χ2v) is 2.17. The van der Waals surface area contributed by atoms with Crippen LogP contribution in [-0.2, 0) is 0 Å².